The first-order valence-corrected chi connectivity index (χ1v) is 18.3. The first kappa shape index (κ1) is 38.5. The van der Waals surface area contributed by atoms with Crippen LogP contribution in [0.3, 0.4) is 0 Å². The maximum atomic E-state index is 14.8. The van der Waals surface area contributed by atoms with Crippen molar-refractivity contribution in [3.63, 3.8) is 0 Å². The number of carbonyl (C=O) groups excluding carboxylic acids is 2. The predicted octanol–water partition coefficient (Wildman–Crippen LogP) is 6.88. The number of hydrogen-bond donors (Lipinski definition) is 1. The van der Waals surface area contributed by atoms with Gasteiger partial charge >= 0.3 is 0 Å². The molecule has 0 saturated carbocycles. The van der Waals surface area contributed by atoms with Crippen molar-refractivity contribution in [3.8, 4) is 17.2 Å². The molecule has 1 N–H and O–H groups in total. The molecule has 4 rings (SSSR count). The molecule has 266 valence electrons. The highest BCUT2D eigenvalue weighted by Crippen LogP contribution is 2.37. The third kappa shape index (κ3) is 9.70. The number of carbonyl (C=O) groups is 2. The summed E-state index contributed by atoms with van der Waals surface area (Å²) < 4.78 is 47.2. The van der Waals surface area contributed by atoms with E-state index < -0.39 is 34.1 Å². The number of methoxy groups -OCH3 is 3. The number of amides is 2. The van der Waals surface area contributed by atoms with E-state index in [1.807, 2.05) is 75.4 Å². The molecule has 13 heteroatoms. The average molecular weight is 787 g/mol. The lowest BCUT2D eigenvalue weighted by Crippen LogP contribution is -2.56. The first-order valence-electron chi connectivity index (χ1n) is 15.6. The molecule has 10 nitrogen and oxygen atoms in total. The zero-order chi connectivity index (χ0) is 36.6. The Morgan fingerprint density at radius 1 is 0.820 bits per heavy atom. The number of hydrogen-bond acceptors (Lipinski definition) is 7. The first-order chi connectivity index (χ1) is 23.7. The highest BCUT2D eigenvalue weighted by molar-refractivity contribution is 9.10. The van der Waals surface area contributed by atoms with Gasteiger partial charge in [-0.25, -0.2) is 8.42 Å². The van der Waals surface area contributed by atoms with Crippen molar-refractivity contribution in [2.75, 3.05) is 32.2 Å². The highest BCUT2D eigenvalue weighted by Gasteiger charge is 2.37. The van der Waals surface area contributed by atoms with E-state index >= 15 is 0 Å². The molecule has 4 aromatic carbocycles. The minimum atomic E-state index is -4.50. The minimum absolute atomic E-state index is 0.0120. The number of benzene rings is 4. The van der Waals surface area contributed by atoms with E-state index in [0.717, 1.165) is 19.9 Å². The lowest BCUT2D eigenvalue weighted by Gasteiger charge is -2.35. The Labute approximate surface area is 307 Å². The van der Waals surface area contributed by atoms with E-state index in [2.05, 4.69) is 21.2 Å². The van der Waals surface area contributed by atoms with Crippen molar-refractivity contribution >= 4 is 55.1 Å². The zero-order valence-electron chi connectivity index (χ0n) is 28.8. The van der Waals surface area contributed by atoms with Gasteiger partial charge in [0.25, 0.3) is 10.0 Å². The van der Waals surface area contributed by atoms with Gasteiger partial charge in [-0.1, -0.05) is 70.0 Å². The Kier molecular flexibility index (Phi) is 12.8. The van der Waals surface area contributed by atoms with Crippen molar-refractivity contribution in [1.82, 2.24) is 10.2 Å². The van der Waals surface area contributed by atoms with Crippen LogP contribution in [-0.4, -0.2) is 64.6 Å². The van der Waals surface area contributed by atoms with Gasteiger partial charge in [-0.15, -0.1) is 0 Å². The third-order valence-corrected chi connectivity index (χ3v) is 10.2. The van der Waals surface area contributed by atoms with Gasteiger partial charge in [0.15, 0.2) is 11.5 Å². The fourth-order valence-corrected chi connectivity index (χ4v) is 7.13. The van der Waals surface area contributed by atoms with Crippen LogP contribution in [0.1, 0.15) is 31.9 Å². The third-order valence-electron chi connectivity index (χ3n) is 7.67. The Morgan fingerprint density at radius 2 is 1.44 bits per heavy atom. The molecule has 0 unspecified atom stereocenters. The van der Waals surface area contributed by atoms with Gasteiger partial charge in [-0.3, -0.25) is 13.9 Å². The second-order valence-corrected chi connectivity index (χ2v) is 15.7. The van der Waals surface area contributed by atoms with Crippen LogP contribution in [0.25, 0.3) is 0 Å². The van der Waals surface area contributed by atoms with E-state index in [4.69, 9.17) is 25.8 Å². The summed E-state index contributed by atoms with van der Waals surface area (Å²) in [5.41, 5.74) is 0.972. The molecule has 4 aromatic rings. The van der Waals surface area contributed by atoms with Crippen LogP contribution >= 0.6 is 27.5 Å². The van der Waals surface area contributed by atoms with E-state index in [0.29, 0.717) is 5.75 Å². The van der Waals surface area contributed by atoms with Crippen molar-refractivity contribution in [3.05, 3.63) is 112 Å². The van der Waals surface area contributed by atoms with E-state index in [9.17, 15) is 18.0 Å². The van der Waals surface area contributed by atoms with Crippen LogP contribution in [0, 0.1) is 0 Å². The summed E-state index contributed by atoms with van der Waals surface area (Å²) in [7, 11) is -0.272. The number of sulfonamides is 1. The Hall–Kier alpha value is -4.26. The van der Waals surface area contributed by atoms with E-state index in [1.54, 1.807) is 6.07 Å². The summed E-state index contributed by atoms with van der Waals surface area (Å²) in [6.45, 7) is 4.88. The number of nitrogens with zero attached hydrogens (tertiary/aromatic N) is 2. The molecule has 1 atom stereocenters. The molecular formula is C37H41BrClN3O7S. The van der Waals surface area contributed by atoms with Gasteiger partial charge in [0.05, 0.1) is 31.9 Å². The standard InChI is InChI=1S/C37H41BrClN3O7S/c1-37(2,3)40-36(44)31(20-25-10-8-7-9-11-25)41(23-26-12-14-27(38)15-13-26)35(43)24-42(30-21-28(39)16-18-32(30)47-4)50(45,46)29-17-19-33(48-5)34(22-29)49-6/h7-19,21-22,31H,20,23-24H2,1-6H3,(H,40,44)/t31-/m1/s1. The molecule has 0 bridgehead atoms. The fraction of sp³-hybridized carbons (Fsp3) is 0.297. The summed E-state index contributed by atoms with van der Waals surface area (Å²) in [5.74, 6) is -0.359. The van der Waals surface area contributed by atoms with Crippen LogP contribution in [-0.2, 0) is 32.6 Å². The van der Waals surface area contributed by atoms with E-state index in [1.165, 1.54) is 56.6 Å². The topological polar surface area (TPSA) is 114 Å². The average Bonchev–Trinajstić information content (AvgIpc) is 3.08. The van der Waals surface area contributed by atoms with Crippen LogP contribution in [0.4, 0.5) is 5.69 Å². The van der Waals surface area contributed by atoms with Crippen molar-refractivity contribution < 1.29 is 32.2 Å². The van der Waals surface area contributed by atoms with Crippen molar-refractivity contribution in [1.29, 1.82) is 0 Å². The Morgan fingerprint density at radius 3 is 2.04 bits per heavy atom. The van der Waals surface area contributed by atoms with Crippen molar-refractivity contribution in [2.45, 2.75) is 50.2 Å². The quantitative estimate of drug-likeness (QED) is 0.148. The van der Waals surface area contributed by atoms with Gasteiger partial charge in [-0.2, -0.15) is 0 Å². The maximum absolute atomic E-state index is 14.8. The molecule has 2 amide bonds. The molecule has 50 heavy (non-hydrogen) atoms. The Bertz CT molecular complexity index is 1900. The van der Waals surface area contributed by atoms with Crippen LogP contribution in [0.15, 0.2) is 100 Å². The number of anilines is 1. The highest BCUT2D eigenvalue weighted by atomic mass is 79.9. The molecule has 0 radical (unpaired) electrons. The Balaban J connectivity index is 1.89. The SMILES string of the molecule is COc1ccc(S(=O)(=O)N(CC(=O)N(Cc2ccc(Br)cc2)[C@H](Cc2ccccc2)C(=O)NC(C)(C)C)c2cc(Cl)ccc2OC)cc1OC. The minimum Gasteiger partial charge on any atom is -0.495 e. The molecule has 0 aliphatic rings. The zero-order valence-corrected chi connectivity index (χ0v) is 31.9. The lowest BCUT2D eigenvalue weighted by molar-refractivity contribution is -0.140. The molecule has 0 aromatic heterocycles. The van der Waals surface area contributed by atoms with Gasteiger partial charge in [0.2, 0.25) is 11.8 Å². The summed E-state index contributed by atoms with van der Waals surface area (Å²) in [5, 5.41) is 3.25. The number of nitrogens with one attached hydrogen (secondary N) is 1. The summed E-state index contributed by atoms with van der Waals surface area (Å²) in [6.07, 6.45) is 0.175. The van der Waals surface area contributed by atoms with Gasteiger partial charge in [0.1, 0.15) is 18.3 Å². The molecular weight excluding hydrogens is 746 g/mol. The molecule has 0 fully saturated rings. The van der Waals surface area contributed by atoms with Gasteiger partial charge in [-0.05, 0) is 74.4 Å². The van der Waals surface area contributed by atoms with Gasteiger partial charge in [0, 0.05) is 34.1 Å². The molecule has 0 saturated heterocycles. The number of ether oxygens (including phenoxy) is 3. The monoisotopic (exact) mass is 785 g/mol. The summed E-state index contributed by atoms with van der Waals surface area (Å²) in [6, 6.07) is 24.3. The number of halogens is 2. The normalized spacial score (nSPS) is 12.1. The fourth-order valence-electron chi connectivity index (χ4n) is 5.27. The second-order valence-electron chi connectivity index (χ2n) is 12.4. The van der Waals surface area contributed by atoms with Crippen LogP contribution in [0.2, 0.25) is 5.02 Å². The summed E-state index contributed by atoms with van der Waals surface area (Å²) in [4.78, 5) is 30.1. The van der Waals surface area contributed by atoms with Gasteiger partial charge < -0.3 is 24.4 Å². The molecule has 0 heterocycles. The lowest BCUT2D eigenvalue weighted by atomic mass is 10.0. The number of rotatable bonds is 14. The predicted molar refractivity (Wildman–Crippen MR) is 199 cm³/mol. The van der Waals surface area contributed by atoms with E-state index in [-0.39, 0.29) is 46.0 Å². The maximum Gasteiger partial charge on any atom is 0.265 e. The largest absolute Gasteiger partial charge is 0.495 e. The molecule has 0 aliphatic carbocycles. The van der Waals surface area contributed by atoms with Crippen LogP contribution < -0.4 is 23.8 Å². The summed E-state index contributed by atoms with van der Waals surface area (Å²) >= 11 is 9.85. The molecule has 0 aliphatic heterocycles. The smallest absolute Gasteiger partial charge is 0.265 e. The van der Waals surface area contributed by atoms with Crippen LogP contribution in [0.5, 0.6) is 17.2 Å². The second kappa shape index (κ2) is 16.6. The molecule has 0 spiro atoms. The van der Waals surface area contributed by atoms with Crippen molar-refractivity contribution in [2.24, 2.45) is 0 Å².